The van der Waals surface area contributed by atoms with Gasteiger partial charge in [-0.25, -0.2) is 0 Å². The summed E-state index contributed by atoms with van der Waals surface area (Å²) in [7, 11) is 1.40. The van der Waals surface area contributed by atoms with E-state index in [1.54, 1.807) is 6.92 Å². The van der Waals surface area contributed by atoms with Crippen LogP contribution in [-0.2, 0) is 22.4 Å². The number of rotatable bonds is 1. The molecule has 0 spiro atoms. The van der Waals surface area contributed by atoms with E-state index in [4.69, 9.17) is 4.74 Å². The maximum absolute atomic E-state index is 11.8. The van der Waals surface area contributed by atoms with Crippen molar-refractivity contribution in [1.82, 2.24) is 0 Å². The zero-order valence-electron chi connectivity index (χ0n) is 11.0. The average molecular weight is 248 g/mol. The van der Waals surface area contributed by atoms with Crippen LogP contribution in [0.2, 0.25) is 0 Å². The largest absolute Gasteiger partial charge is 0.469 e. The molecule has 0 fully saturated rings. The third-order valence-corrected chi connectivity index (χ3v) is 3.74. The smallest absolute Gasteiger partial charge is 0.309 e. The minimum atomic E-state index is -0.799. The predicted molar refractivity (Wildman–Crippen MR) is 69.2 cm³/mol. The van der Waals surface area contributed by atoms with E-state index in [9.17, 15) is 9.90 Å². The standard InChI is InChI=1S/C15H20O3/c1-15(17)8-7-11-5-3-4-6-12(11)9-13(10-15)14(16)18-2/h3-6,13,17H,7-10H2,1-2H3/t13-,15-/m1/s1. The van der Waals surface area contributed by atoms with Crippen molar-refractivity contribution in [2.24, 2.45) is 5.92 Å². The van der Waals surface area contributed by atoms with Crippen LogP contribution in [0.15, 0.2) is 24.3 Å². The molecule has 0 bridgehead atoms. The second-order valence-corrected chi connectivity index (χ2v) is 5.39. The van der Waals surface area contributed by atoms with Crippen LogP contribution < -0.4 is 0 Å². The topological polar surface area (TPSA) is 46.5 Å². The number of fused-ring (bicyclic) bond motifs is 1. The normalized spacial score (nSPS) is 27.8. The third-order valence-electron chi connectivity index (χ3n) is 3.74. The van der Waals surface area contributed by atoms with Crippen molar-refractivity contribution < 1.29 is 14.6 Å². The fourth-order valence-electron chi connectivity index (χ4n) is 2.71. The van der Waals surface area contributed by atoms with Gasteiger partial charge in [-0.1, -0.05) is 24.3 Å². The highest BCUT2D eigenvalue weighted by atomic mass is 16.5. The quantitative estimate of drug-likeness (QED) is 0.774. The number of hydrogen-bond acceptors (Lipinski definition) is 3. The highest BCUT2D eigenvalue weighted by molar-refractivity contribution is 5.73. The number of aryl methyl sites for hydroxylation is 1. The van der Waals surface area contributed by atoms with Crippen molar-refractivity contribution in [3.8, 4) is 0 Å². The zero-order chi connectivity index (χ0) is 13.2. The van der Waals surface area contributed by atoms with Crippen LogP contribution in [0, 0.1) is 5.92 Å². The Hall–Kier alpha value is -1.35. The molecule has 1 aliphatic carbocycles. The molecule has 1 aliphatic rings. The van der Waals surface area contributed by atoms with E-state index < -0.39 is 5.60 Å². The molecular weight excluding hydrogens is 228 g/mol. The van der Waals surface area contributed by atoms with Crippen LogP contribution in [0.5, 0.6) is 0 Å². The van der Waals surface area contributed by atoms with Crippen LogP contribution >= 0.6 is 0 Å². The summed E-state index contributed by atoms with van der Waals surface area (Å²) < 4.78 is 4.84. The van der Waals surface area contributed by atoms with Gasteiger partial charge >= 0.3 is 5.97 Å². The lowest BCUT2D eigenvalue weighted by Gasteiger charge is -2.30. The van der Waals surface area contributed by atoms with Crippen molar-refractivity contribution in [2.75, 3.05) is 7.11 Å². The molecule has 18 heavy (non-hydrogen) atoms. The summed E-state index contributed by atoms with van der Waals surface area (Å²) in [4.78, 5) is 11.8. The lowest BCUT2D eigenvalue weighted by molar-refractivity contribution is -0.148. The molecule has 0 heterocycles. The van der Waals surface area contributed by atoms with Crippen LogP contribution in [-0.4, -0.2) is 23.8 Å². The second kappa shape index (κ2) is 5.11. The third kappa shape index (κ3) is 2.91. The SMILES string of the molecule is COC(=O)[C@@H]1Cc2ccccc2CC[C@@](C)(O)C1. The summed E-state index contributed by atoms with van der Waals surface area (Å²) in [6.07, 6.45) is 2.65. The number of esters is 1. The van der Waals surface area contributed by atoms with Gasteiger partial charge in [0.25, 0.3) is 0 Å². The maximum atomic E-state index is 11.8. The minimum Gasteiger partial charge on any atom is -0.469 e. The van der Waals surface area contributed by atoms with Gasteiger partial charge in [0.2, 0.25) is 0 Å². The fraction of sp³-hybridized carbons (Fsp3) is 0.533. The molecule has 1 N–H and O–H groups in total. The number of methoxy groups -OCH3 is 1. The van der Waals surface area contributed by atoms with Crippen molar-refractivity contribution in [3.05, 3.63) is 35.4 Å². The Kier molecular flexibility index (Phi) is 3.71. The second-order valence-electron chi connectivity index (χ2n) is 5.39. The van der Waals surface area contributed by atoms with Gasteiger partial charge in [-0.05, 0) is 43.7 Å². The predicted octanol–water partition coefficient (Wildman–Crippen LogP) is 2.11. The molecule has 1 aromatic rings. The van der Waals surface area contributed by atoms with E-state index in [1.807, 2.05) is 12.1 Å². The van der Waals surface area contributed by atoms with Gasteiger partial charge in [0.05, 0.1) is 18.6 Å². The molecule has 3 nitrogen and oxygen atoms in total. The molecule has 0 saturated heterocycles. The number of hydrogen-bond donors (Lipinski definition) is 1. The van der Waals surface area contributed by atoms with Crippen LogP contribution in [0.1, 0.15) is 30.9 Å². The summed E-state index contributed by atoms with van der Waals surface area (Å²) >= 11 is 0. The van der Waals surface area contributed by atoms with Gasteiger partial charge < -0.3 is 9.84 Å². The van der Waals surface area contributed by atoms with E-state index in [0.29, 0.717) is 19.3 Å². The van der Waals surface area contributed by atoms with Gasteiger partial charge in [-0.2, -0.15) is 0 Å². The number of benzene rings is 1. The average Bonchev–Trinajstić information content (AvgIpc) is 2.34. The zero-order valence-corrected chi connectivity index (χ0v) is 11.0. The van der Waals surface area contributed by atoms with Gasteiger partial charge in [0.1, 0.15) is 0 Å². The van der Waals surface area contributed by atoms with E-state index in [-0.39, 0.29) is 11.9 Å². The highest BCUT2D eigenvalue weighted by Crippen LogP contribution is 2.30. The molecule has 3 heteroatoms. The van der Waals surface area contributed by atoms with Crippen LogP contribution in [0.25, 0.3) is 0 Å². The van der Waals surface area contributed by atoms with Gasteiger partial charge in [0.15, 0.2) is 0 Å². The summed E-state index contributed by atoms with van der Waals surface area (Å²) in [6.45, 7) is 1.80. The molecule has 0 aliphatic heterocycles. The van der Waals surface area contributed by atoms with Crippen molar-refractivity contribution in [2.45, 2.75) is 38.2 Å². The summed E-state index contributed by atoms with van der Waals surface area (Å²) in [6, 6.07) is 8.13. The Morgan fingerprint density at radius 2 is 2.06 bits per heavy atom. The highest BCUT2D eigenvalue weighted by Gasteiger charge is 2.32. The number of aliphatic hydroxyl groups is 1. The Morgan fingerprint density at radius 3 is 2.72 bits per heavy atom. The molecule has 1 aromatic carbocycles. The van der Waals surface area contributed by atoms with Crippen LogP contribution in [0.4, 0.5) is 0 Å². The fourth-order valence-corrected chi connectivity index (χ4v) is 2.71. The van der Waals surface area contributed by atoms with Crippen molar-refractivity contribution in [1.29, 1.82) is 0 Å². The van der Waals surface area contributed by atoms with E-state index >= 15 is 0 Å². The van der Waals surface area contributed by atoms with Crippen molar-refractivity contribution in [3.63, 3.8) is 0 Å². The van der Waals surface area contributed by atoms with E-state index in [0.717, 1.165) is 6.42 Å². The Balaban J connectivity index is 2.31. The molecule has 2 rings (SSSR count). The maximum Gasteiger partial charge on any atom is 0.309 e. The van der Waals surface area contributed by atoms with Crippen LogP contribution in [0.3, 0.4) is 0 Å². The molecular formula is C15H20O3. The summed E-state index contributed by atoms with van der Waals surface area (Å²) in [5, 5.41) is 10.3. The summed E-state index contributed by atoms with van der Waals surface area (Å²) in [5.41, 5.74) is 1.63. The Bertz CT molecular complexity index is 437. The first-order chi connectivity index (χ1) is 8.52. The molecule has 98 valence electrons. The van der Waals surface area contributed by atoms with Gasteiger partial charge in [-0.3, -0.25) is 4.79 Å². The lowest BCUT2D eigenvalue weighted by Crippen LogP contribution is -2.34. The van der Waals surface area contributed by atoms with E-state index in [1.165, 1.54) is 18.2 Å². The molecule has 0 radical (unpaired) electrons. The number of ether oxygens (including phenoxy) is 1. The number of carbonyl (C=O) groups is 1. The van der Waals surface area contributed by atoms with Gasteiger partial charge in [-0.15, -0.1) is 0 Å². The Morgan fingerprint density at radius 1 is 1.39 bits per heavy atom. The Labute approximate surface area is 108 Å². The first-order valence-electron chi connectivity index (χ1n) is 6.39. The first kappa shape index (κ1) is 13.1. The number of carbonyl (C=O) groups excluding carboxylic acids is 1. The molecule has 0 amide bonds. The van der Waals surface area contributed by atoms with Gasteiger partial charge in [0, 0.05) is 0 Å². The lowest BCUT2D eigenvalue weighted by atomic mass is 9.79. The van der Waals surface area contributed by atoms with Crippen molar-refractivity contribution >= 4 is 5.97 Å². The molecule has 0 unspecified atom stereocenters. The monoisotopic (exact) mass is 248 g/mol. The summed E-state index contributed by atoms with van der Waals surface area (Å²) in [5.74, 6) is -0.488. The molecule has 0 aromatic heterocycles. The van der Waals surface area contributed by atoms with E-state index in [2.05, 4.69) is 12.1 Å². The minimum absolute atomic E-state index is 0.230. The first-order valence-corrected chi connectivity index (χ1v) is 6.39. The molecule has 2 atom stereocenters. The molecule has 0 saturated carbocycles.